The van der Waals surface area contributed by atoms with Crippen molar-refractivity contribution in [3.8, 4) is 69.2 Å². The van der Waals surface area contributed by atoms with Gasteiger partial charge in [0.15, 0.2) is 71.8 Å². The molecule has 0 bridgehead atoms. The second-order valence-electron chi connectivity index (χ2n) is 35.1. The van der Waals surface area contributed by atoms with E-state index in [0.717, 1.165) is 28.5 Å². The number of aryl methyl sites for hydroxylation is 9. The first-order chi connectivity index (χ1) is 64.9. The van der Waals surface area contributed by atoms with E-state index in [0.29, 0.717) is 86.3 Å². The fourth-order valence-electron chi connectivity index (χ4n) is 10.9. The summed E-state index contributed by atoms with van der Waals surface area (Å²) in [6.07, 6.45) is 6.28. The Morgan fingerprint density at radius 3 is 1.12 bits per heavy atom. The molecule has 12 aromatic heterocycles. The van der Waals surface area contributed by atoms with E-state index in [1.807, 2.05) is 115 Å². The molecule has 1 aliphatic heterocycles. The lowest BCUT2D eigenvalue weighted by Gasteiger charge is -2.32. The number of carbonyl (C=O) groups is 4. The van der Waals surface area contributed by atoms with E-state index in [1.54, 1.807) is 160 Å². The highest BCUT2D eigenvalue weighted by Gasteiger charge is 2.52. The second-order valence-corrected chi connectivity index (χ2v) is 37.8. The van der Waals surface area contributed by atoms with Crippen LogP contribution in [-0.2, 0) is 76.1 Å². The maximum Gasteiger partial charge on any atom is 0.526 e. The zero-order valence-electron chi connectivity index (χ0n) is 82.8. The van der Waals surface area contributed by atoms with E-state index >= 15 is 0 Å². The van der Waals surface area contributed by atoms with Gasteiger partial charge in [0.25, 0.3) is 0 Å². The number of carbonyl (C=O) groups excluding carboxylic acids is 4. The zero-order chi connectivity index (χ0) is 106. The van der Waals surface area contributed by atoms with Crippen LogP contribution in [-0.4, -0.2) is 162 Å². The zero-order valence-corrected chi connectivity index (χ0v) is 87.4. The van der Waals surface area contributed by atoms with Gasteiger partial charge < -0.3 is 109 Å². The first-order valence-corrected chi connectivity index (χ1v) is 45.9. The second kappa shape index (κ2) is 54.4. The summed E-state index contributed by atoms with van der Waals surface area (Å²) in [5, 5.41) is 34.6. The molecule has 1 aliphatic rings. The summed E-state index contributed by atoms with van der Waals surface area (Å²) in [6, 6.07) is 27.4. The number of pyridine rings is 2. The van der Waals surface area contributed by atoms with Gasteiger partial charge in [-0.25, -0.2) is 59.4 Å². The lowest BCUT2D eigenvalue weighted by Crippen LogP contribution is -2.41. The van der Waals surface area contributed by atoms with Gasteiger partial charge in [-0.3, -0.25) is 19.2 Å². The summed E-state index contributed by atoms with van der Waals surface area (Å²) in [5.41, 5.74) is 36.0. The number of nitrogens with two attached hydrogens (primary N) is 6. The number of rotatable bonds is 14. The molecule has 3 radical (unpaired) electrons. The number of furan rings is 5. The van der Waals surface area contributed by atoms with Gasteiger partial charge in [-0.05, 0) is 230 Å². The Balaban J connectivity index is 0.000000424. The number of hydrogen-bond acceptors (Lipinski definition) is 39. The minimum Gasteiger partial charge on any atom is -0.470 e. The molecular weight excluding hydrogens is 1960 g/mol. The fraction of sp³-hybridized carbons (Fsp3) is 0.398. The summed E-state index contributed by atoms with van der Waals surface area (Å²) in [4.78, 5) is 110. The van der Waals surface area contributed by atoms with Crippen molar-refractivity contribution in [3.05, 3.63) is 201 Å². The number of halogens is 5. The van der Waals surface area contributed by atoms with Gasteiger partial charge in [-0.15, -0.1) is 0 Å². The van der Waals surface area contributed by atoms with Crippen LogP contribution >= 0.6 is 69.8 Å². The van der Waals surface area contributed by atoms with Crippen LogP contribution in [0.4, 0.5) is 38.7 Å². The largest absolute Gasteiger partial charge is 0.526 e. The molecule has 49 heteroatoms. The highest BCUT2D eigenvalue weighted by molar-refractivity contribution is 7.97. The Labute approximate surface area is 855 Å². The summed E-state index contributed by atoms with van der Waals surface area (Å²) in [7, 11) is 1.49. The number of hydrogen-bond donors (Lipinski definition) is 8. The van der Waals surface area contributed by atoms with Crippen molar-refractivity contribution in [3.63, 3.8) is 0 Å². The Hall–Kier alpha value is -12.8. The van der Waals surface area contributed by atoms with E-state index in [4.69, 9.17) is 168 Å². The van der Waals surface area contributed by atoms with Crippen molar-refractivity contribution in [2.75, 3.05) is 41.2 Å². The minimum atomic E-state index is -1.49. The third-order valence-corrected chi connectivity index (χ3v) is 19.3. The van der Waals surface area contributed by atoms with Gasteiger partial charge in [0.05, 0.1) is 46.9 Å². The van der Waals surface area contributed by atoms with Gasteiger partial charge in [-0.2, -0.15) is 22.3 Å². The number of nitrogen functional groups attached to an aromatic ring is 5. The molecule has 14 N–H and O–H groups in total. The number of aromatic nitrogens is 12. The van der Waals surface area contributed by atoms with Crippen molar-refractivity contribution in [1.29, 1.82) is 10.5 Å². The van der Waals surface area contributed by atoms with Crippen molar-refractivity contribution < 1.29 is 84.3 Å². The van der Waals surface area contributed by atoms with E-state index in [1.165, 1.54) is 27.3 Å². The maximum atomic E-state index is 12.1. The standard InChI is InChI=1S/C22H26N4O4.C16H20ClN3O3.C12H18BNO3.C10H11ClN4O.C10H7ClN4O.C10H18O5.C5H7BO3.C5H2Cl2N4.C2H6S.CH4.B/c1-13-6-9-16(29-13)20-19(14-7-10-17(27)26(5)12-14)24-15(21(23)25-20)8-11-18(28)30-22(2,3)4;1-9-5-7-11(22-9)13-14(17)19-10(15(18)20-13)6-8-12(21)23-16(2,3)4;1-11(2)12(3,4)17-13(16-11)9-6-7-10(15)14(5)8-9;2*1-5-2-3-7(16-5)8-9(11)14-6(4-12)10(13)15-8;1-9(2,3)14-7(11)13-8(12)15-10(4,5)6;1-4-2-3-5(9-4)6(7)8;6-3-4(7)11-5(9)2(1-8)10-3;1-3-2;;/h6-7,9-10,12H,8,11H2,1-5H3,(H2,23,25);5,7H,6,8H2,1-4H3,(H2,18,20);6-8H,1-5H3;2-3H,4,12H2,1H3,(H2,13,15);2-3H,1H3,(H2,13,15);1-6H3;2-3,7-8H,1H3;(H2,9,11);1-2H3;1H4;. The van der Waals surface area contributed by atoms with Crippen LogP contribution in [0, 0.1) is 57.3 Å². The summed E-state index contributed by atoms with van der Waals surface area (Å²) >= 11 is 30.7. The normalized spacial score (nSPS) is 12.0. The topological polar surface area (TPSA) is 616 Å². The van der Waals surface area contributed by atoms with Crippen LogP contribution < -0.4 is 56.6 Å². The average molecular weight is 2080 g/mol. The molecule has 13 rings (SSSR count). The van der Waals surface area contributed by atoms with Crippen molar-refractivity contribution in [2.24, 2.45) is 19.8 Å². The van der Waals surface area contributed by atoms with Crippen LogP contribution in [0.15, 0.2) is 129 Å². The van der Waals surface area contributed by atoms with Crippen molar-refractivity contribution in [1.82, 2.24) is 59.0 Å². The van der Waals surface area contributed by atoms with E-state index < -0.39 is 49.0 Å². The molecular formula is C93H119B3Cl5N20O20S. The molecule has 1 fully saturated rings. The monoisotopic (exact) mass is 2080 g/mol. The lowest BCUT2D eigenvalue weighted by molar-refractivity contribution is -0.155. The van der Waals surface area contributed by atoms with E-state index in [-0.39, 0.29) is 148 Å². The number of esters is 2. The van der Waals surface area contributed by atoms with Crippen molar-refractivity contribution >= 4 is 157 Å². The van der Waals surface area contributed by atoms with Crippen LogP contribution in [0.5, 0.6) is 0 Å². The first-order valence-electron chi connectivity index (χ1n) is 42.4. The number of anilines is 5. The Kier molecular flexibility index (Phi) is 47.2. The summed E-state index contributed by atoms with van der Waals surface area (Å²) in [5.74, 6) is 5.79. The molecule has 761 valence electrons. The maximum absolute atomic E-state index is 12.1. The minimum absolute atomic E-state index is 0. The quantitative estimate of drug-likeness (QED) is 0.0217. The summed E-state index contributed by atoms with van der Waals surface area (Å²) in [6.45, 7) is 38.2. The third-order valence-electron chi connectivity index (χ3n) is 17.9. The van der Waals surface area contributed by atoms with Gasteiger partial charge >= 0.3 is 38.5 Å². The molecule has 0 atom stereocenters. The first kappa shape index (κ1) is 123. The number of nitriles is 2. The van der Waals surface area contributed by atoms with Crippen molar-refractivity contribution in [2.45, 2.75) is 219 Å². The molecule has 142 heavy (non-hydrogen) atoms. The van der Waals surface area contributed by atoms with Gasteiger partial charge in [0.2, 0.25) is 11.1 Å². The fourth-order valence-corrected chi connectivity index (χ4v) is 11.9. The molecule has 0 saturated carbocycles. The molecule has 0 aromatic carbocycles. The Morgan fingerprint density at radius 2 is 0.775 bits per heavy atom. The van der Waals surface area contributed by atoms with E-state index in [9.17, 15) is 28.8 Å². The van der Waals surface area contributed by atoms with Gasteiger partial charge in [0, 0.05) is 72.0 Å². The smallest absolute Gasteiger partial charge is 0.470 e. The highest BCUT2D eigenvalue weighted by atomic mass is 35.5. The lowest BCUT2D eigenvalue weighted by atomic mass is 9.80. The number of thioether (sulfide) groups is 1. The number of ether oxygens (including phenoxy) is 5. The molecule has 0 aliphatic carbocycles. The van der Waals surface area contributed by atoms with Crippen LogP contribution in [0.1, 0.15) is 188 Å². The van der Waals surface area contributed by atoms with Gasteiger partial charge in [-0.1, -0.05) is 71.5 Å². The molecule has 12 aromatic rings. The summed E-state index contributed by atoms with van der Waals surface area (Å²) < 4.78 is 66.0. The third kappa shape index (κ3) is 39.9. The Bertz CT molecular complexity index is 6440. The predicted molar refractivity (Wildman–Crippen MR) is 550 cm³/mol. The molecule has 1 saturated heterocycles. The van der Waals surface area contributed by atoms with Crippen LogP contribution in [0.3, 0.4) is 0 Å². The predicted octanol–water partition coefficient (Wildman–Crippen LogP) is 16.0. The molecule has 13 heterocycles. The molecule has 0 amide bonds. The highest BCUT2D eigenvalue weighted by Crippen LogP contribution is 2.38. The van der Waals surface area contributed by atoms with Crippen LogP contribution in [0.25, 0.3) is 57.1 Å². The van der Waals surface area contributed by atoms with Crippen LogP contribution in [0.2, 0.25) is 25.8 Å². The molecule has 40 nitrogen and oxygen atoms in total. The number of nitrogens with zero attached hydrogens (tertiary/aromatic N) is 14. The van der Waals surface area contributed by atoms with E-state index in [2.05, 4.69) is 49.6 Å². The van der Waals surface area contributed by atoms with Gasteiger partial charge in [0.1, 0.15) is 109 Å². The Morgan fingerprint density at radius 1 is 0.451 bits per heavy atom. The molecule has 0 spiro atoms. The SMILES string of the molecule is C.CC(C)(C)OC(=O)OC(=O)OC(C)(C)C.CSC.Cc1ccc(-c2nc(N)c(C#N)nc2Cl)o1.Cc1ccc(-c2nc(N)c(CCC(=O)OC(C)(C)C)nc2-c2ccc(=O)n(C)c2)o1.Cc1ccc(-c2nc(N)c(CCC(=O)OC(C)(C)C)nc2Cl)o1.Cc1ccc(-c2nc(N)c(CN)nc2Cl)o1.Cc1ccc(B(O)O)o1.Cn1cc(B2OC(C)(C)C(C)(C)O2)ccc1=O.N#Cc1nc(Cl)c(Cl)nc1N.[B]. The average Bonchev–Trinajstić information content (AvgIpc) is 1.60. The molecule has 0 unspecified atom stereocenters.